The monoisotopic (exact) mass is 647 g/mol. The summed E-state index contributed by atoms with van der Waals surface area (Å²) in [5.41, 5.74) is -4.41. The number of pyridine rings is 1. The Morgan fingerprint density at radius 3 is 2.03 bits per heavy atom. The molecule has 0 fully saturated rings. The first-order valence-corrected chi connectivity index (χ1v) is 13.6. The van der Waals surface area contributed by atoms with Crippen molar-refractivity contribution in [3.05, 3.63) is 27.6 Å². The Labute approximate surface area is 238 Å². The lowest BCUT2D eigenvalue weighted by atomic mass is 9.54. The van der Waals surface area contributed by atoms with Gasteiger partial charge in [0.25, 0.3) is 5.91 Å². The number of alkyl carbamates (subject to hydrolysis) is 1. The first-order valence-electron chi connectivity index (χ1n) is 12.5. The number of aromatic nitrogens is 1. The van der Waals surface area contributed by atoms with Crippen LogP contribution >= 0.6 is 22.6 Å². The fraction of sp³-hybridized carbons (Fsp3) is 0.667. The van der Waals surface area contributed by atoms with E-state index in [0.717, 1.165) is 0 Å². The molecule has 4 N–H and O–H groups in total. The van der Waals surface area contributed by atoms with Gasteiger partial charge in [0.05, 0.1) is 5.92 Å². The van der Waals surface area contributed by atoms with Gasteiger partial charge in [0.2, 0.25) is 0 Å². The van der Waals surface area contributed by atoms with Gasteiger partial charge in [-0.25, -0.2) is 9.59 Å². The van der Waals surface area contributed by atoms with Gasteiger partial charge in [-0.05, 0) is 79.2 Å². The quantitative estimate of drug-likeness (QED) is 0.158. The summed E-state index contributed by atoms with van der Waals surface area (Å²) in [6, 6.07) is 3.22. The average Bonchev–Trinajstić information content (AvgIpc) is 2.71. The lowest BCUT2D eigenvalue weighted by Crippen LogP contribution is -2.71. The summed E-state index contributed by atoms with van der Waals surface area (Å²) >= 11 is 2.00. The summed E-state index contributed by atoms with van der Waals surface area (Å²) in [5, 5.41) is 26.3. The minimum Gasteiger partial charge on any atom is -0.481 e. The molecule has 0 saturated carbocycles. The second kappa shape index (κ2) is 12.6. The zero-order chi connectivity index (χ0) is 29.7. The lowest BCUT2D eigenvalue weighted by Gasteiger charge is -2.53. The van der Waals surface area contributed by atoms with Gasteiger partial charge in [0.1, 0.15) is 14.8 Å². The Morgan fingerprint density at radius 2 is 1.61 bits per heavy atom. The molecule has 0 aliphatic rings. The molecule has 0 aliphatic carbocycles. The van der Waals surface area contributed by atoms with Gasteiger partial charge in [-0.3, -0.25) is 14.6 Å². The van der Waals surface area contributed by atoms with Crippen molar-refractivity contribution >= 4 is 46.5 Å². The zero-order valence-corrected chi connectivity index (χ0v) is 25.9. The first kappa shape index (κ1) is 33.6. The van der Waals surface area contributed by atoms with Crippen LogP contribution in [0.5, 0.6) is 0 Å². The number of amides is 2. The SMILES string of the molecule is CC(C)(C)OC(=O)N[C@@](C(=O)O)(C([C@H](CCCNC(=O)c1ccnc(I)c1)C(=O)O)C(C)(C)C)C(C)(C)C. The lowest BCUT2D eigenvalue weighted by molar-refractivity contribution is -0.166. The van der Waals surface area contributed by atoms with Crippen LogP contribution in [0.3, 0.4) is 0 Å². The summed E-state index contributed by atoms with van der Waals surface area (Å²) in [5.74, 6) is -5.04. The van der Waals surface area contributed by atoms with E-state index >= 15 is 0 Å². The highest BCUT2D eigenvalue weighted by Gasteiger charge is 2.62. The van der Waals surface area contributed by atoms with Crippen LogP contribution < -0.4 is 10.6 Å². The number of carbonyl (C=O) groups excluding carboxylic acids is 2. The van der Waals surface area contributed by atoms with Crippen molar-refractivity contribution in [2.45, 2.75) is 86.3 Å². The number of rotatable bonds is 10. The van der Waals surface area contributed by atoms with Crippen LogP contribution in [0, 0.1) is 26.4 Å². The van der Waals surface area contributed by atoms with Crippen LogP contribution in [-0.2, 0) is 14.3 Å². The van der Waals surface area contributed by atoms with Crippen molar-refractivity contribution in [2.75, 3.05) is 6.54 Å². The Kier molecular flexibility index (Phi) is 11.1. The number of hydrogen-bond donors (Lipinski definition) is 4. The number of halogens is 1. The highest BCUT2D eigenvalue weighted by Crippen LogP contribution is 2.50. The van der Waals surface area contributed by atoms with E-state index < -0.39 is 51.8 Å². The van der Waals surface area contributed by atoms with E-state index in [2.05, 4.69) is 15.6 Å². The maximum Gasteiger partial charge on any atom is 0.408 e. The predicted molar refractivity (Wildman–Crippen MR) is 152 cm³/mol. The van der Waals surface area contributed by atoms with Gasteiger partial charge in [-0.1, -0.05) is 41.5 Å². The highest BCUT2D eigenvalue weighted by molar-refractivity contribution is 14.1. The minimum absolute atomic E-state index is 0.0759. The molecule has 0 saturated heterocycles. The molecule has 0 radical (unpaired) electrons. The fourth-order valence-electron chi connectivity index (χ4n) is 4.86. The maximum absolute atomic E-state index is 13.1. The molecule has 0 spiro atoms. The van der Waals surface area contributed by atoms with Crippen LogP contribution in [0.1, 0.15) is 85.5 Å². The highest BCUT2D eigenvalue weighted by atomic mass is 127. The summed E-state index contributed by atoms with van der Waals surface area (Å²) in [6.07, 6.45) is 0.948. The second-order valence-electron chi connectivity index (χ2n) is 12.5. The molecule has 1 aromatic rings. The molecule has 214 valence electrons. The van der Waals surface area contributed by atoms with Crippen molar-refractivity contribution < 1.29 is 34.1 Å². The third-order valence-corrected chi connectivity index (χ3v) is 6.89. The van der Waals surface area contributed by atoms with Crippen LogP contribution in [0.4, 0.5) is 4.79 Å². The van der Waals surface area contributed by atoms with Gasteiger partial charge in [0.15, 0.2) is 0 Å². The molecule has 1 rings (SSSR count). The molecule has 1 aromatic heterocycles. The Morgan fingerprint density at radius 1 is 1.03 bits per heavy atom. The van der Waals surface area contributed by atoms with Crippen LogP contribution in [0.2, 0.25) is 0 Å². The van der Waals surface area contributed by atoms with E-state index in [1.165, 1.54) is 6.20 Å². The molecule has 11 heteroatoms. The molecule has 1 heterocycles. The van der Waals surface area contributed by atoms with Gasteiger partial charge in [-0.15, -0.1) is 0 Å². The number of nitrogens with zero attached hydrogens (tertiary/aromatic N) is 1. The van der Waals surface area contributed by atoms with E-state index in [1.54, 1.807) is 74.4 Å². The fourth-order valence-corrected chi connectivity index (χ4v) is 5.36. The summed E-state index contributed by atoms with van der Waals surface area (Å²) in [7, 11) is 0. The topological polar surface area (TPSA) is 155 Å². The molecular formula is C27H42IN3O7. The Balaban J connectivity index is 3.37. The molecule has 10 nitrogen and oxygen atoms in total. The summed E-state index contributed by atoms with van der Waals surface area (Å²) in [4.78, 5) is 55.2. The number of ether oxygens (including phenoxy) is 1. The molecule has 0 bridgehead atoms. The number of carboxylic acid groups (broad SMARTS) is 2. The van der Waals surface area contributed by atoms with Crippen molar-refractivity contribution in [1.29, 1.82) is 0 Å². The number of aliphatic carboxylic acids is 2. The van der Waals surface area contributed by atoms with Gasteiger partial charge in [-0.2, -0.15) is 0 Å². The number of carboxylic acids is 2. The standard InChI is InChI=1S/C27H42IN3O7/c1-24(2,3)19(27(22(35)36,25(4,5)6)31-23(37)38-26(7,8)9)17(21(33)34)11-10-13-30-20(32)16-12-14-29-18(28)15-16/h12,14-15,17,19H,10-11,13H2,1-9H3,(H,30,32)(H,31,37)(H,33,34)(H,35,36)/t17-,19?,27+/m0/s1. The van der Waals surface area contributed by atoms with Gasteiger partial charge >= 0.3 is 18.0 Å². The second-order valence-corrected chi connectivity index (χ2v) is 13.6. The normalized spacial score (nSPS) is 15.5. The van der Waals surface area contributed by atoms with Crippen molar-refractivity contribution in [3.8, 4) is 0 Å². The van der Waals surface area contributed by atoms with Crippen molar-refractivity contribution in [2.24, 2.45) is 22.7 Å². The van der Waals surface area contributed by atoms with E-state index in [1.807, 2.05) is 22.6 Å². The van der Waals surface area contributed by atoms with Crippen LogP contribution in [-0.4, -0.2) is 56.8 Å². The largest absolute Gasteiger partial charge is 0.481 e. The number of nitrogens with one attached hydrogen (secondary N) is 2. The van der Waals surface area contributed by atoms with Crippen molar-refractivity contribution in [1.82, 2.24) is 15.6 Å². The third kappa shape index (κ3) is 8.81. The third-order valence-electron chi connectivity index (χ3n) is 6.30. The van der Waals surface area contributed by atoms with Crippen LogP contribution in [0.15, 0.2) is 18.3 Å². The first-order chi connectivity index (χ1) is 17.1. The van der Waals surface area contributed by atoms with Gasteiger partial charge < -0.3 is 25.6 Å². The molecule has 0 aliphatic heterocycles. The van der Waals surface area contributed by atoms with Crippen molar-refractivity contribution in [3.63, 3.8) is 0 Å². The molecule has 2 amide bonds. The molecular weight excluding hydrogens is 605 g/mol. The van der Waals surface area contributed by atoms with E-state index in [-0.39, 0.29) is 25.3 Å². The smallest absolute Gasteiger partial charge is 0.408 e. The summed E-state index contributed by atoms with van der Waals surface area (Å²) in [6.45, 7) is 15.4. The Bertz CT molecular complexity index is 1020. The molecule has 38 heavy (non-hydrogen) atoms. The van der Waals surface area contributed by atoms with E-state index in [9.17, 15) is 29.4 Å². The average molecular weight is 648 g/mol. The number of carbonyl (C=O) groups is 4. The predicted octanol–water partition coefficient (Wildman–Crippen LogP) is 4.95. The number of hydrogen-bond acceptors (Lipinski definition) is 6. The summed E-state index contributed by atoms with van der Waals surface area (Å²) < 4.78 is 6.07. The molecule has 1 unspecified atom stereocenters. The van der Waals surface area contributed by atoms with Gasteiger partial charge in [0, 0.05) is 24.2 Å². The molecule has 3 atom stereocenters. The van der Waals surface area contributed by atoms with E-state index in [4.69, 9.17) is 4.74 Å². The maximum atomic E-state index is 13.1. The zero-order valence-electron chi connectivity index (χ0n) is 23.8. The van der Waals surface area contributed by atoms with Crippen LogP contribution in [0.25, 0.3) is 0 Å². The Hall–Kier alpha value is -2.44. The van der Waals surface area contributed by atoms with E-state index in [0.29, 0.717) is 9.26 Å². The molecule has 0 aromatic carbocycles. The minimum atomic E-state index is -1.99.